The molecule has 16 aromatic rings. The zero-order valence-electron chi connectivity index (χ0n) is 62.1. The van der Waals surface area contributed by atoms with E-state index in [1.54, 1.807) is 0 Å². The molecule has 0 atom stereocenters. The summed E-state index contributed by atoms with van der Waals surface area (Å²) in [6.45, 7) is 28.1. The van der Waals surface area contributed by atoms with Crippen LogP contribution in [0.2, 0.25) is 0 Å². The molecule has 0 bridgehead atoms. The normalized spacial score (nSPS) is 13.1. The van der Waals surface area contributed by atoms with Crippen LogP contribution < -0.4 is 26.2 Å². The molecule has 105 heavy (non-hydrogen) atoms. The maximum atomic E-state index is 2.71. The second-order valence-corrected chi connectivity index (χ2v) is 35.5. The number of hydrogen-bond donors (Lipinski definition) is 0. The molecular formula is C100H85BN2S2. The van der Waals surface area contributed by atoms with Crippen LogP contribution in [0.3, 0.4) is 0 Å². The summed E-state index contributed by atoms with van der Waals surface area (Å²) in [6.07, 6.45) is 0. The Morgan fingerprint density at radius 1 is 0.219 bits per heavy atom. The largest absolute Gasteiger partial charge is 0.311 e. The lowest BCUT2D eigenvalue weighted by Crippen LogP contribution is -2.61. The molecule has 2 aliphatic rings. The Labute approximate surface area is 627 Å². The minimum Gasteiger partial charge on any atom is -0.311 e. The summed E-state index contributed by atoms with van der Waals surface area (Å²) in [7, 11) is 0. The van der Waals surface area contributed by atoms with E-state index in [0.29, 0.717) is 0 Å². The fourth-order valence-corrected chi connectivity index (χ4v) is 18.7. The average Bonchev–Trinajstić information content (AvgIpc) is 1.59. The van der Waals surface area contributed by atoms with Crippen LogP contribution in [0.5, 0.6) is 0 Å². The molecule has 0 fully saturated rings. The summed E-state index contributed by atoms with van der Waals surface area (Å²) in [5, 5.41) is 5.06. The number of benzene rings is 14. The van der Waals surface area contributed by atoms with Crippen molar-refractivity contribution in [2.75, 3.05) is 9.80 Å². The van der Waals surface area contributed by atoms with Crippen molar-refractivity contribution in [3.05, 3.63) is 320 Å². The van der Waals surface area contributed by atoms with Crippen molar-refractivity contribution in [1.29, 1.82) is 0 Å². The van der Waals surface area contributed by atoms with E-state index in [1.165, 1.54) is 157 Å². The highest BCUT2D eigenvalue weighted by molar-refractivity contribution is 7.26. The molecule has 4 heterocycles. The molecule has 510 valence electrons. The number of anilines is 6. The third-order valence-corrected chi connectivity index (χ3v) is 24.4. The van der Waals surface area contributed by atoms with Crippen LogP contribution >= 0.6 is 22.7 Å². The molecule has 0 aliphatic carbocycles. The Kier molecular flexibility index (Phi) is 15.7. The molecule has 2 aliphatic heterocycles. The van der Waals surface area contributed by atoms with Crippen molar-refractivity contribution in [2.24, 2.45) is 0 Å². The van der Waals surface area contributed by atoms with E-state index < -0.39 is 0 Å². The predicted molar refractivity (Wildman–Crippen MR) is 459 cm³/mol. The van der Waals surface area contributed by atoms with E-state index in [1.807, 2.05) is 22.7 Å². The van der Waals surface area contributed by atoms with Crippen LogP contribution in [0.25, 0.3) is 118 Å². The summed E-state index contributed by atoms with van der Waals surface area (Å²) in [4.78, 5) is 5.43. The van der Waals surface area contributed by atoms with Gasteiger partial charge in [0.15, 0.2) is 0 Å². The standard InChI is InChI=1S/C100H85BN2S2/c1-97(2,3)74-48-72(49-75(56-74)98(4,5)6)78-37-25-27-39-86(78)102-88-58-82-80-43-41-66(62-29-17-13-18-30-62)54-92(80)104-94(82)60-84(88)101-85-61-95-83(81-44-42-67(55-93(81)105-95)63-31-19-14-20-32-63)59-89(85)103(87-40-28-26-38-79(87)73-50-76(99(7,8)9)57-77(51-73)100(10,11)12)91-53-71(52-90(102)96(91)101)70-46-68(64-33-21-15-22-34-64)45-69(47-70)65-35-23-16-24-36-65/h13-61H,1-12H3. The van der Waals surface area contributed by atoms with Gasteiger partial charge in [-0.15, -0.1) is 22.7 Å². The van der Waals surface area contributed by atoms with Crippen molar-refractivity contribution >= 4 is 120 Å². The van der Waals surface area contributed by atoms with Gasteiger partial charge in [0.05, 0.1) is 11.4 Å². The van der Waals surface area contributed by atoms with Gasteiger partial charge in [0.2, 0.25) is 0 Å². The number of fused-ring (bicyclic) bond motifs is 10. The Balaban J connectivity index is 1.00. The molecule has 2 nitrogen and oxygen atoms in total. The van der Waals surface area contributed by atoms with Crippen LogP contribution in [0, 0.1) is 0 Å². The smallest absolute Gasteiger partial charge is 0.252 e. The van der Waals surface area contributed by atoms with Crippen LogP contribution in [-0.4, -0.2) is 6.71 Å². The third kappa shape index (κ3) is 11.7. The third-order valence-electron chi connectivity index (χ3n) is 22.2. The number of hydrogen-bond acceptors (Lipinski definition) is 4. The van der Waals surface area contributed by atoms with Gasteiger partial charge >= 0.3 is 0 Å². The second kappa shape index (κ2) is 24.9. The Hall–Kier alpha value is -10.8. The predicted octanol–water partition coefficient (Wildman–Crippen LogP) is 27.4. The van der Waals surface area contributed by atoms with Gasteiger partial charge in [-0.3, -0.25) is 0 Å². The van der Waals surface area contributed by atoms with E-state index in [9.17, 15) is 0 Å². The number of rotatable bonds is 9. The summed E-state index contributed by atoms with van der Waals surface area (Å²) in [6, 6.07) is 114. The van der Waals surface area contributed by atoms with Crippen molar-refractivity contribution in [1.82, 2.24) is 0 Å². The molecule has 5 heteroatoms. The van der Waals surface area contributed by atoms with Crippen molar-refractivity contribution in [3.8, 4) is 77.9 Å². The van der Waals surface area contributed by atoms with E-state index in [4.69, 9.17) is 0 Å². The van der Waals surface area contributed by atoms with Crippen molar-refractivity contribution < 1.29 is 0 Å². The minimum absolute atomic E-state index is 0.109. The molecule has 14 aromatic carbocycles. The van der Waals surface area contributed by atoms with Crippen LogP contribution in [0.4, 0.5) is 34.1 Å². The first kappa shape index (κ1) is 66.2. The Morgan fingerprint density at radius 2 is 0.524 bits per heavy atom. The number of thiophene rings is 2. The van der Waals surface area contributed by atoms with Crippen LogP contribution in [0.15, 0.2) is 297 Å². The molecule has 18 rings (SSSR count). The second-order valence-electron chi connectivity index (χ2n) is 33.4. The lowest BCUT2D eigenvalue weighted by Gasteiger charge is -2.45. The Bertz CT molecular complexity index is 5700. The van der Waals surface area contributed by atoms with E-state index in [-0.39, 0.29) is 28.4 Å². The molecule has 0 unspecified atom stereocenters. The summed E-state index contributed by atoms with van der Waals surface area (Å²) in [5.74, 6) is 0. The summed E-state index contributed by atoms with van der Waals surface area (Å²) in [5.41, 5.74) is 32.3. The monoisotopic (exact) mass is 1390 g/mol. The van der Waals surface area contributed by atoms with Gasteiger partial charge in [0.25, 0.3) is 6.71 Å². The maximum Gasteiger partial charge on any atom is 0.252 e. The van der Waals surface area contributed by atoms with Gasteiger partial charge in [-0.05, 0) is 206 Å². The maximum absolute atomic E-state index is 2.71. The number of para-hydroxylation sites is 2. The molecule has 0 spiro atoms. The Morgan fingerprint density at radius 3 is 0.876 bits per heavy atom. The van der Waals surface area contributed by atoms with Gasteiger partial charge in [-0.25, -0.2) is 0 Å². The molecular weight excluding hydrogens is 1300 g/mol. The number of nitrogens with zero attached hydrogens (tertiary/aromatic N) is 2. The molecule has 2 aromatic heterocycles. The van der Waals surface area contributed by atoms with Gasteiger partial charge in [0.1, 0.15) is 0 Å². The highest BCUT2D eigenvalue weighted by Crippen LogP contribution is 2.54. The zero-order chi connectivity index (χ0) is 72.0. The minimum atomic E-state index is -0.200. The lowest BCUT2D eigenvalue weighted by atomic mass is 9.33. The van der Waals surface area contributed by atoms with Crippen molar-refractivity contribution in [2.45, 2.75) is 105 Å². The van der Waals surface area contributed by atoms with Gasteiger partial charge in [-0.2, -0.15) is 0 Å². The molecule has 0 saturated heterocycles. The summed E-state index contributed by atoms with van der Waals surface area (Å²) >= 11 is 3.85. The first-order valence-electron chi connectivity index (χ1n) is 37.2. The zero-order valence-corrected chi connectivity index (χ0v) is 63.7. The fraction of sp³-hybridized carbons (Fsp3) is 0.160. The van der Waals surface area contributed by atoms with Gasteiger partial charge in [0, 0.05) is 74.2 Å². The highest BCUT2D eigenvalue weighted by atomic mass is 32.1. The fourth-order valence-electron chi connectivity index (χ4n) is 16.3. The van der Waals surface area contributed by atoms with Gasteiger partial charge in [-0.1, -0.05) is 301 Å². The SMILES string of the molecule is CC(C)(C)c1cc(-c2ccccc2N2c3cc4c(cc3B3c5cc6sc7cc(-c8ccccc8)ccc7c6cc5N(c5ccccc5-c5cc(C(C)(C)C)cc(C(C)(C)C)c5)c5cc(-c6cc(-c7ccccc7)cc(-c7ccccc7)c6)cc2c53)sc2cc(-c3ccccc3)ccc24)cc(C(C)(C)C)c1. The molecule has 0 N–H and O–H groups in total. The lowest BCUT2D eigenvalue weighted by molar-refractivity contribution is 0.568. The first-order chi connectivity index (χ1) is 50.5. The van der Waals surface area contributed by atoms with Crippen LogP contribution in [0.1, 0.15) is 105 Å². The topological polar surface area (TPSA) is 6.48 Å². The first-order valence-corrected chi connectivity index (χ1v) is 38.8. The quantitative estimate of drug-likeness (QED) is 0.133. The van der Waals surface area contributed by atoms with E-state index in [0.717, 1.165) is 33.9 Å². The summed E-state index contributed by atoms with van der Waals surface area (Å²) < 4.78 is 5.12. The average molecular weight is 1390 g/mol. The van der Waals surface area contributed by atoms with Gasteiger partial charge < -0.3 is 9.80 Å². The van der Waals surface area contributed by atoms with E-state index in [2.05, 4.69) is 390 Å². The molecule has 0 amide bonds. The van der Waals surface area contributed by atoms with Crippen LogP contribution in [-0.2, 0) is 21.7 Å². The molecule has 0 saturated carbocycles. The molecule has 0 radical (unpaired) electrons. The highest BCUT2D eigenvalue weighted by Gasteiger charge is 2.46. The van der Waals surface area contributed by atoms with E-state index >= 15 is 0 Å². The van der Waals surface area contributed by atoms with Crippen molar-refractivity contribution in [3.63, 3.8) is 0 Å².